The van der Waals surface area contributed by atoms with Crippen molar-refractivity contribution in [2.75, 3.05) is 12.3 Å². The first kappa shape index (κ1) is 13.4. The number of hydrogen-bond donors (Lipinski definition) is 2. The van der Waals surface area contributed by atoms with Crippen LogP contribution in [0.5, 0.6) is 0 Å². The standard InChI is InChI=1S/C14H22N2OS/c1-10-12(15)9-13(18-10)14(17)16-8-4-7-11-5-2-3-6-11/h9,11H,2-8,15H2,1H3,(H,16,17). The van der Waals surface area contributed by atoms with Gasteiger partial charge in [-0.15, -0.1) is 11.3 Å². The Morgan fingerprint density at radius 2 is 2.22 bits per heavy atom. The predicted octanol–water partition coefficient (Wildman–Crippen LogP) is 3.34. The van der Waals surface area contributed by atoms with E-state index < -0.39 is 0 Å². The molecular formula is C14H22N2OS. The van der Waals surface area contributed by atoms with Gasteiger partial charge in [-0.3, -0.25) is 4.79 Å². The lowest BCUT2D eigenvalue weighted by atomic mass is 10.0. The second kappa shape index (κ2) is 6.23. The molecule has 4 heteroatoms. The smallest absolute Gasteiger partial charge is 0.261 e. The van der Waals surface area contributed by atoms with Crippen molar-refractivity contribution >= 4 is 22.9 Å². The van der Waals surface area contributed by atoms with Gasteiger partial charge in [0.25, 0.3) is 5.91 Å². The van der Waals surface area contributed by atoms with Gasteiger partial charge in [0.15, 0.2) is 0 Å². The molecule has 1 saturated carbocycles. The molecule has 0 saturated heterocycles. The molecule has 1 aliphatic carbocycles. The van der Waals surface area contributed by atoms with Gasteiger partial charge in [0.05, 0.1) is 4.88 Å². The number of anilines is 1. The van der Waals surface area contributed by atoms with Gasteiger partial charge in [-0.2, -0.15) is 0 Å². The SMILES string of the molecule is Cc1sc(C(=O)NCCCC2CCCC2)cc1N. The molecule has 100 valence electrons. The van der Waals surface area contributed by atoms with Crippen molar-refractivity contribution in [3.05, 3.63) is 15.8 Å². The summed E-state index contributed by atoms with van der Waals surface area (Å²) in [6, 6.07) is 1.77. The lowest BCUT2D eigenvalue weighted by Crippen LogP contribution is -2.23. The van der Waals surface area contributed by atoms with Gasteiger partial charge in [0.1, 0.15) is 0 Å². The zero-order valence-electron chi connectivity index (χ0n) is 11.0. The molecule has 0 atom stereocenters. The molecule has 0 bridgehead atoms. The van der Waals surface area contributed by atoms with Gasteiger partial charge in [-0.05, 0) is 31.7 Å². The molecule has 1 aliphatic rings. The Labute approximate surface area is 113 Å². The Morgan fingerprint density at radius 3 is 2.83 bits per heavy atom. The Morgan fingerprint density at radius 1 is 1.50 bits per heavy atom. The molecule has 1 aromatic heterocycles. The van der Waals surface area contributed by atoms with Crippen LogP contribution in [-0.2, 0) is 0 Å². The molecule has 3 N–H and O–H groups in total. The molecule has 2 rings (SSSR count). The van der Waals surface area contributed by atoms with Crippen LogP contribution in [0, 0.1) is 12.8 Å². The summed E-state index contributed by atoms with van der Waals surface area (Å²) in [5.41, 5.74) is 6.47. The van der Waals surface area contributed by atoms with Gasteiger partial charge in [0.2, 0.25) is 0 Å². The van der Waals surface area contributed by atoms with Crippen LogP contribution in [0.25, 0.3) is 0 Å². The molecule has 1 amide bonds. The van der Waals surface area contributed by atoms with Crippen LogP contribution in [-0.4, -0.2) is 12.5 Å². The number of rotatable bonds is 5. The Hall–Kier alpha value is -1.03. The quantitative estimate of drug-likeness (QED) is 0.803. The minimum absolute atomic E-state index is 0.0196. The van der Waals surface area contributed by atoms with Crippen molar-refractivity contribution in [3.63, 3.8) is 0 Å². The normalized spacial score (nSPS) is 16.1. The van der Waals surface area contributed by atoms with Gasteiger partial charge in [0, 0.05) is 17.1 Å². The third kappa shape index (κ3) is 3.48. The molecule has 1 heterocycles. The van der Waals surface area contributed by atoms with Crippen molar-refractivity contribution in [1.82, 2.24) is 5.32 Å². The highest BCUT2D eigenvalue weighted by atomic mass is 32.1. The highest BCUT2D eigenvalue weighted by molar-refractivity contribution is 7.14. The van der Waals surface area contributed by atoms with Crippen molar-refractivity contribution in [1.29, 1.82) is 0 Å². The van der Waals surface area contributed by atoms with E-state index in [1.165, 1.54) is 43.4 Å². The number of amides is 1. The molecule has 0 aromatic carbocycles. The van der Waals surface area contributed by atoms with Crippen LogP contribution in [0.1, 0.15) is 53.1 Å². The lowest BCUT2D eigenvalue weighted by molar-refractivity contribution is 0.0956. The molecule has 0 aliphatic heterocycles. The zero-order chi connectivity index (χ0) is 13.0. The largest absolute Gasteiger partial charge is 0.398 e. The second-order valence-electron chi connectivity index (χ2n) is 5.17. The summed E-state index contributed by atoms with van der Waals surface area (Å²) in [6.07, 6.45) is 7.90. The molecule has 18 heavy (non-hydrogen) atoms. The molecule has 0 spiro atoms. The van der Waals surface area contributed by atoms with E-state index in [2.05, 4.69) is 5.32 Å². The van der Waals surface area contributed by atoms with Crippen molar-refractivity contribution in [2.24, 2.45) is 5.92 Å². The summed E-state index contributed by atoms with van der Waals surface area (Å²) in [5.74, 6) is 0.924. The number of nitrogens with two attached hydrogens (primary N) is 1. The van der Waals surface area contributed by atoms with Crippen LogP contribution in [0.3, 0.4) is 0 Å². The number of aryl methyl sites for hydroxylation is 1. The van der Waals surface area contributed by atoms with E-state index in [4.69, 9.17) is 5.73 Å². The number of thiophene rings is 1. The van der Waals surface area contributed by atoms with Gasteiger partial charge >= 0.3 is 0 Å². The Kier molecular flexibility index (Phi) is 4.64. The molecular weight excluding hydrogens is 244 g/mol. The first-order valence-corrected chi connectivity index (χ1v) is 7.62. The maximum Gasteiger partial charge on any atom is 0.261 e. The topological polar surface area (TPSA) is 55.1 Å². The molecule has 1 fully saturated rings. The minimum atomic E-state index is 0.0196. The van der Waals surface area contributed by atoms with Gasteiger partial charge in [-0.1, -0.05) is 25.7 Å². The first-order valence-electron chi connectivity index (χ1n) is 6.81. The fourth-order valence-corrected chi connectivity index (χ4v) is 3.44. The van der Waals surface area contributed by atoms with Crippen molar-refractivity contribution in [3.8, 4) is 0 Å². The van der Waals surface area contributed by atoms with Crippen LogP contribution < -0.4 is 11.1 Å². The van der Waals surface area contributed by atoms with E-state index in [1.807, 2.05) is 6.92 Å². The fourth-order valence-electron chi connectivity index (χ4n) is 2.59. The van der Waals surface area contributed by atoms with Crippen LogP contribution >= 0.6 is 11.3 Å². The highest BCUT2D eigenvalue weighted by Crippen LogP contribution is 2.28. The number of carbonyl (C=O) groups excluding carboxylic acids is 1. The summed E-state index contributed by atoms with van der Waals surface area (Å²) in [7, 11) is 0. The number of nitrogen functional groups attached to an aromatic ring is 1. The third-order valence-corrected chi connectivity index (χ3v) is 4.79. The molecule has 0 radical (unpaired) electrons. The summed E-state index contributed by atoms with van der Waals surface area (Å²) in [5, 5.41) is 2.98. The number of carbonyl (C=O) groups is 1. The predicted molar refractivity (Wildman–Crippen MR) is 77.0 cm³/mol. The third-order valence-electron chi connectivity index (χ3n) is 3.73. The summed E-state index contributed by atoms with van der Waals surface area (Å²) in [4.78, 5) is 13.6. The summed E-state index contributed by atoms with van der Waals surface area (Å²) in [6.45, 7) is 2.73. The maximum absolute atomic E-state index is 11.9. The van der Waals surface area contributed by atoms with E-state index in [1.54, 1.807) is 6.07 Å². The number of hydrogen-bond acceptors (Lipinski definition) is 3. The van der Waals surface area contributed by atoms with E-state index in [0.717, 1.165) is 34.3 Å². The van der Waals surface area contributed by atoms with Crippen molar-refractivity contribution in [2.45, 2.75) is 45.4 Å². The summed E-state index contributed by atoms with van der Waals surface area (Å²) >= 11 is 1.47. The second-order valence-corrected chi connectivity index (χ2v) is 6.43. The highest BCUT2D eigenvalue weighted by Gasteiger charge is 2.14. The lowest BCUT2D eigenvalue weighted by Gasteiger charge is -2.08. The Balaban J connectivity index is 1.68. The average molecular weight is 266 g/mol. The minimum Gasteiger partial charge on any atom is -0.398 e. The average Bonchev–Trinajstić information content (AvgIpc) is 2.96. The Bertz CT molecular complexity index is 388. The molecule has 1 aromatic rings. The maximum atomic E-state index is 11.9. The van der Waals surface area contributed by atoms with E-state index in [-0.39, 0.29) is 5.91 Å². The van der Waals surface area contributed by atoms with Crippen LogP contribution in [0.4, 0.5) is 5.69 Å². The first-order chi connectivity index (χ1) is 8.66. The van der Waals surface area contributed by atoms with Crippen LogP contribution in [0.15, 0.2) is 6.07 Å². The molecule has 0 unspecified atom stereocenters. The van der Waals surface area contributed by atoms with Crippen LogP contribution in [0.2, 0.25) is 0 Å². The monoisotopic (exact) mass is 266 g/mol. The van der Waals surface area contributed by atoms with E-state index >= 15 is 0 Å². The van der Waals surface area contributed by atoms with Gasteiger partial charge in [-0.25, -0.2) is 0 Å². The number of nitrogens with one attached hydrogen (secondary N) is 1. The van der Waals surface area contributed by atoms with E-state index in [9.17, 15) is 4.79 Å². The summed E-state index contributed by atoms with van der Waals surface area (Å²) < 4.78 is 0. The molecule has 3 nitrogen and oxygen atoms in total. The fraction of sp³-hybridized carbons (Fsp3) is 0.643. The van der Waals surface area contributed by atoms with Crippen molar-refractivity contribution < 1.29 is 4.79 Å². The van der Waals surface area contributed by atoms with E-state index in [0.29, 0.717) is 0 Å². The van der Waals surface area contributed by atoms with Gasteiger partial charge < -0.3 is 11.1 Å². The zero-order valence-corrected chi connectivity index (χ0v) is 11.8.